The lowest BCUT2D eigenvalue weighted by Crippen LogP contribution is -2.10. The molecule has 0 radical (unpaired) electrons. The second-order valence-corrected chi connectivity index (χ2v) is 2.82. The molecule has 0 bridgehead atoms. The molecule has 1 aromatic rings. The van der Waals surface area contributed by atoms with E-state index in [4.69, 9.17) is 0 Å². The van der Waals surface area contributed by atoms with Crippen molar-refractivity contribution in [3.05, 3.63) is 36.2 Å². The van der Waals surface area contributed by atoms with Crippen molar-refractivity contribution in [1.82, 2.24) is 9.88 Å². The van der Waals surface area contributed by atoms with Crippen LogP contribution in [0.3, 0.4) is 0 Å². The number of hydrogen-bond acceptors (Lipinski definition) is 3. The Morgan fingerprint density at radius 2 is 2.00 bits per heavy atom. The predicted octanol–water partition coefficient (Wildman–Crippen LogP) is 1.18. The summed E-state index contributed by atoms with van der Waals surface area (Å²) in [6.45, 7) is 0. The van der Waals surface area contributed by atoms with E-state index in [2.05, 4.69) is 4.98 Å². The first-order chi connectivity index (χ1) is 6.25. The molecule has 0 N–H and O–H groups in total. The van der Waals surface area contributed by atoms with E-state index in [1.54, 1.807) is 12.4 Å². The zero-order valence-corrected chi connectivity index (χ0v) is 7.77. The Balaban J connectivity index is 3.03. The van der Waals surface area contributed by atoms with Crippen LogP contribution >= 0.6 is 0 Å². The van der Waals surface area contributed by atoms with Gasteiger partial charge in [0.25, 0.3) is 0 Å². The molecule has 0 aliphatic carbocycles. The number of rotatable bonds is 3. The van der Waals surface area contributed by atoms with E-state index in [-0.39, 0.29) is 0 Å². The SMILES string of the molecule is CN(C)C(=CC=O)c1ccncc1. The molecule has 0 saturated carbocycles. The van der Waals surface area contributed by atoms with Crippen LogP contribution in [0.5, 0.6) is 0 Å². The van der Waals surface area contributed by atoms with Crippen LogP contribution in [0.1, 0.15) is 5.56 Å². The molecule has 0 atom stereocenters. The summed E-state index contributed by atoms with van der Waals surface area (Å²) in [6.07, 6.45) is 5.74. The molecule has 0 spiro atoms. The number of aldehydes is 1. The van der Waals surface area contributed by atoms with Gasteiger partial charge < -0.3 is 4.90 Å². The highest BCUT2D eigenvalue weighted by atomic mass is 16.1. The summed E-state index contributed by atoms with van der Waals surface area (Å²) in [4.78, 5) is 16.2. The number of allylic oxidation sites excluding steroid dienone is 1. The van der Waals surface area contributed by atoms with Crippen LogP contribution in [0, 0.1) is 0 Å². The molecule has 3 nitrogen and oxygen atoms in total. The van der Waals surface area contributed by atoms with E-state index in [0.29, 0.717) is 0 Å². The number of carbonyl (C=O) groups is 1. The average Bonchev–Trinajstić information content (AvgIpc) is 2.15. The van der Waals surface area contributed by atoms with Crippen LogP contribution in [0.25, 0.3) is 5.70 Å². The second-order valence-electron chi connectivity index (χ2n) is 2.82. The van der Waals surface area contributed by atoms with Crippen LogP contribution in [-0.4, -0.2) is 30.3 Å². The summed E-state index contributed by atoms with van der Waals surface area (Å²) in [5.74, 6) is 0. The van der Waals surface area contributed by atoms with E-state index in [1.807, 2.05) is 31.1 Å². The third kappa shape index (κ3) is 2.40. The van der Waals surface area contributed by atoms with Crippen LogP contribution in [0.15, 0.2) is 30.6 Å². The Hall–Kier alpha value is -1.64. The number of hydrogen-bond donors (Lipinski definition) is 0. The van der Waals surface area contributed by atoms with E-state index in [1.165, 1.54) is 6.08 Å². The zero-order chi connectivity index (χ0) is 9.68. The first kappa shape index (κ1) is 9.45. The fourth-order valence-electron chi connectivity index (χ4n) is 1.09. The lowest BCUT2D eigenvalue weighted by atomic mass is 10.2. The minimum absolute atomic E-state index is 0.787. The molecule has 0 fully saturated rings. The van der Waals surface area contributed by atoms with Gasteiger partial charge in [-0.05, 0) is 12.1 Å². The Labute approximate surface area is 77.7 Å². The van der Waals surface area contributed by atoms with Gasteiger partial charge in [-0.3, -0.25) is 9.78 Å². The Bertz CT molecular complexity index is 304. The summed E-state index contributed by atoms with van der Waals surface area (Å²) < 4.78 is 0. The zero-order valence-electron chi connectivity index (χ0n) is 7.77. The molecule has 0 amide bonds. The van der Waals surface area contributed by atoms with Crippen LogP contribution in [-0.2, 0) is 4.79 Å². The first-order valence-corrected chi connectivity index (χ1v) is 3.99. The maximum absolute atomic E-state index is 10.4. The fourth-order valence-corrected chi connectivity index (χ4v) is 1.09. The predicted molar refractivity (Wildman–Crippen MR) is 52.0 cm³/mol. The highest BCUT2D eigenvalue weighted by Crippen LogP contribution is 2.13. The number of pyridine rings is 1. The topological polar surface area (TPSA) is 33.2 Å². The maximum Gasteiger partial charge on any atom is 0.144 e. The van der Waals surface area contributed by atoms with E-state index in [9.17, 15) is 4.79 Å². The van der Waals surface area contributed by atoms with E-state index in [0.717, 1.165) is 17.5 Å². The summed E-state index contributed by atoms with van der Waals surface area (Å²) in [6, 6.07) is 3.74. The second kappa shape index (κ2) is 4.40. The average molecular weight is 176 g/mol. The van der Waals surface area contributed by atoms with Crippen molar-refractivity contribution in [3.8, 4) is 0 Å². The van der Waals surface area contributed by atoms with Crippen LogP contribution < -0.4 is 0 Å². The normalized spacial score (nSPS) is 11.1. The molecule has 0 aromatic carbocycles. The van der Waals surface area contributed by atoms with Gasteiger partial charge in [0.15, 0.2) is 0 Å². The molecule has 13 heavy (non-hydrogen) atoms. The van der Waals surface area contributed by atoms with Crippen molar-refractivity contribution in [2.75, 3.05) is 14.1 Å². The van der Waals surface area contributed by atoms with Crippen molar-refractivity contribution < 1.29 is 4.79 Å². The van der Waals surface area contributed by atoms with Gasteiger partial charge in [-0.15, -0.1) is 0 Å². The fraction of sp³-hybridized carbons (Fsp3) is 0.200. The lowest BCUT2D eigenvalue weighted by Gasteiger charge is -2.16. The molecule has 1 rings (SSSR count). The maximum atomic E-state index is 10.4. The van der Waals surface area contributed by atoms with Gasteiger partial charge in [-0.1, -0.05) is 0 Å². The van der Waals surface area contributed by atoms with E-state index < -0.39 is 0 Å². The largest absolute Gasteiger partial charge is 0.377 e. The molecule has 0 unspecified atom stereocenters. The Kier molecular flexibility index (Phi) is 3.20. The minimum atomic E-state index is 0.787. The molecule has 0 aliphatic heterocycles. The molecular formula is C10H12N2O. The monoisotopic (exact) mass is 176 g/mol. The number of aromatic nitrogens is 1. The van der Waals surface area contributed by atoms with Gasteiger partial charge in [0, 0.05) is 43.8 Å². The van der Waals surface area contributed by atoms with Crippen molar-refractivity contribution in [2.45, 2.75) is 0 Å². The van der Waals surface area contributed by atoms with Crippen molar-refractivity contribution >= 4 is 12.0 Å². The van der Waals surface area contributed by atoms with Gasteiger partial charge in [-0.2, -0.15) is 0 Å². The quantitative estimate of drug-likeness (QED) is 0.512. The standard InChI is InChI=1S/C10H12N2O/c1-12(2)10(5-8-13)9-3-6-11-7-4-9/h3-8H,1-2H3. The highest BCUT2D eigenvalue weighted by Gasteiger charge is 2.01. The smallest absolute Gasteiger partial charge is 0.144 e. The van der Waals surface area contributed by atoms with Crippen molar-refractivity contribution in [2.24, 2.45) is 0 Å². The summed E-state index contributed by atoms with van der Waals surface area (Å²) in [5, 5.41) is 0. The van der Waals surface area contributed by atoms with Gasteiger partial charge in [0.2, 0.25) is 0 Å². The van der Waals surface area contributed by atoms with Crippen molar-refractivity contribution in [3.63, 3.8) is 0 Å². The lowest BCUT2D eigenvalue weighted by molar-refractivity contribution is -0.104. The van der Waals surface area contributed by atoms with Gasteiger partial charge in [-0.25, -0.2) is 0 Å². The van der Waals surface area contributed by atoms with Crippen LogP contribution in [0.4, 0.5) is 0 Å². The van der Waals surface area contributed by atoms with Gasteiger partial charge >= 0.3 is 0 Å². The molecular weight excluding hydrogens is 164 g/mol. The van der Waals surface area contributed by atoms with Crippen LogP contribution in [0.2, 0.25) is 0 Å². The third-order valence-electron chi connectivity index (χ3n) is 1.68. The summed E-state index contributed by atoms with van der Waals surface area (Å²) in [5.41, 5.74) is 1.88. The molecule has 0 saturated heterocycles. The molecule has 3 heteroatoms. The summed E-state index contributed by atoms with van der Waals surface area (Å²) >= 11 is 0. The van der Waals surface area contributed by atoms with Gasteiger partial charge in [0.1, 0.15) is 6.29 Å². The van der Waals surface area contributed by atoms with Crippen molar-refractivity contribution in [1.29, 1.82) is 0 Å². The molecule has 1 heterocycles. The minimum Gasteiger partial charge on any atom is -0.377 e. The van der Waals surface area contributed by atoms with Gasteiger partial charge in [0.05, 0.1) is 0 Å². The summed E-state index contributed by atoms with van der Waals surface area (Å²) in [7, 11) is 3.80. The Morgan fingerprint density at radius 3 is 2.46 bits per heavy atom. The molecule has 68 valence electrons. The molecule has 1 aromatic heterocycles. The third-order valence-corrected chi connectivity index (χ3v) is 1.68. The molecule has 0 aliphatic rings. The highest BCUT2D eigenvalue weighted by molar-refractivity contribution is 5.80. The number of carbonyl (C=O) groups excluding carboxylic acids is 1. The van der Waals surface area contributed by atoms with E-state index >= 15 is 0 Å². The Morgan fingerprint density at radius 1 is 1.38 bits per heavy atom. The number of nitrogens with zero attached hydrogens (tertiary/aromatic N) is 2. The first-order valence-electron chi connectivity index (χ1n) is 3.99.